The average Bonchev–Trinajstić information content (AvgIpc) is 3.55. The van der Waals surface area contributed by atoms with Gasteiger partial charge in [0.05, 0.1) is 12.1 Å². The van der Waals surface area contributed by atoms with E-state index in [0.717, 1.165) is 16.7 Å². The summed E-state index contributed by atoms with van der Waals surface area (Å²) in [6, 6.07) is 20.6. The van der Waals surface area contributed by atoms with Crippen LogP contribution in [0.25, 0.3) is 0 Å². The summed E-state index contributed by atoms with van der Waals surface area (Å²) in [5.74, 6) is -3.87. The zero-order valence-corrected chi connectivity index (χ0v) is 25.8. The summed E-state index contributed by atoms with van der Waals surface area (Å²) in [7, 11) is 0. The molecule has 4 amide bonds. The molecule has 7 N–H and O–H groups in total. The molecular weight excluding hydrogens is 586 g/mol. The lowest BCUT2D eigenvalue weighted by atomic mass is 9.91. The largest absolute Gasteiger partial charge is 0.508 e. The maximum Gasteiger partial charge on any atom is 0.243 e. The Labute approximate surface area is 268 Å². The number of primary amides is 1. The molecule has 5 atom stereocenters. The lowest BCUT2D eigenvalue weighted by Crippen LogP contribution is -2.57. The summed E-state index contributed by atoms with van der Waals surface area (Å²) < 4.78 is 0. The van der Waals surface area contributed by atoms with Crippen molar-refractivity contribution in [3.05, 3.63) is 102 Å². The van der Waals surface area contributed by atoms with Gasteiger partial charge < -0.3 is 32.1 Å². The molecule has 242 valence electrons. The van der Waals surface area contributed by atoms with Gasteiger partial charge in [-0.3, -0.25) is 24.0 Å². The van der Waals surface area contributed by atoms with E-state index in [9.17, 15) is 29.1 Å². The normalized spacial score (nSPS) is 16.9. The Morgan fingerprint density at radius 2 is 1.39 bits per heavy atom. The van der Waals surface area contributed by atoms with Gasteiger partial charge in [0.2, 0.25) is 23.6 Å². The van der Waals surface area contributed by atoms with E-state index in [1.165, 1.54) is 24.0 Å². The van der Waals surface area contributed by atoms with Crippen LogP contribution in [0.2, 0.25) is 0 Å². The molecule has 1 fully saturated rings. The van der Waals surface area contributed by atoms with Crippen LogP contribution in [0.1, 0.15) is 36.5 Å². The van der Waals surface area contributed by atoms with E-state index in [4.69, 9.17) is 11.5 Å². The lowest BCUT2D eigenvalue weighted by Gasteiger charge is -2.29. The van der Waals surface area contributed by atoms with Crippen LogP contribution in [0.5, 0.6) is 5.75 Å². The van der Waals surface area contributed by atoms with Crippen LogP contribution in [-0.2, 0) is 43.2 Å². The van der Waals surface area contributed by atoms with Crippen LogP contribution >= 0.6 is 0 Å². The molecule has 0 unspecified atom stereocenters. The van der Waals surface area contributed by atoms with Crippen molar-refractivity contribution >= 4 is 29.4 Å². The number of carbonyl (C=O) groups is 5. The number of phenolic OH excluding ortho intramolecular Hbond substituents is 1. The fraction of sp³-hybridized carbons (Fsp3) is 0.343. The number of phenols is 1. The molecule has 0 spiro atoms. The number of nitrogens with two attached hydrogens (primary N) is 2. The van der Waals surface area contributed by atoms with E-state index in [0.29, 0.717) is 19.4 Å². The van der Waals surface area contributed by atoms with Crippen molar-refractivity contribution in [3.63, 3.8) is 0 Å². The van der Waals surface area contributed by atoms with Crippen LogP contribution in [0, 0.1) is 5.92 Å². The first-order valence-corrected chi connectivity index (χ1v) is 15.4. The highest BCUT2D eigenvalue weighted by molar-refractivity contribution is 6.05. The van der Waals surface area contributed by atoms with Crippen molar-refractivity contribution in [3.8, 4) is 5.75 Å². The Bertz CT molecular complexity index is 1520. The summed E-state index contributed by atoms with van der Waals surface area (Å²) in [6.45, 7) is 1.83. The number of nitrogens with one attached hydrogen (secondary N) is 2. The average molecular weight is 628 g/mol. The zero-order chi connectivity index (χ0) is 33.2. The molecule has 0 aromatic heterocycles. The van der Waals surface area contributed by atoms with E-state index in [-0.39, 0.29) is 30.9 Å². The maximum absolute atomic E-state index is 13.6. The molecule has 0 radical (unpaired) electrons. The van der Waals surface area contributed by atoms with E-state index in [2.05, 4.69) is 10.6 Å². The Morgan fingerprint density at radius 1 is 0.826 bits per heavy atom. The number of likely N-dealkylation sites (tertiary alicyclic amines) is 1. The quantitative estimate of drug-likeness (QED) is 0.167. The minimum atomic E-state index is -1.15. The Morgan fingerprint density at radius 3 is 1.98 bits per heavy atom. The molecule has 11 heteroatoms. The van der Waals surface area contributed by atoms with E-state index in [1.807, 2.05) is 36.4 Å². The molecule has 0 saturated carbocycles. The first kappa shape index (κ1) is 33.9. The monoisotopic (exact) mass is 627 g/mol. The van der Waals surface area contributed by atoms with Crippen molar-refractivity contribution < 1.29 is 29.1 Å². The van der Waals surface area contributed by atoms with Gasteiger partial charge >= 0.3 is 0 Å². The predicted octanol–water partition coefficient (Wildman–Crippen LogP) is 1.40. The number of hydrogen-bond donors (Lipinski definition) is 5. The topological polar surface area (TPSA) is 185 Å². The van der Waals surface area contributed by atoms with Gasteiger partial charge in [0.15, 0.2) is 5.78 Å². The van der Waals surface area contributed by atoms with Crippen molar-refractivity contribution in [1.29, 1.82) is 0 Å². The molecule has 11 nitrogen and oxygen atoms in total. The number of aromatic hydroxyl groups is 1. The molecule has 1 heterocycles. The van der Waals surface area contributed by atoms with Gasteiger partial charge in [0.1, 0.15) is 23.8 Å². The van der Waals surface area contributed by atoms with Crippen molar-refractivity contribution in [2.24, 2.45) is 17.4 Å². The van der Waals surface area contributed by atoms with Gasteiger partial charge in [0, 0.05) is 13.0 Å². The molecule has 0 aliphatic carbocycles. The van der Waals surface area contributed by atoms with E-state index >= 15 is 0 Å². The predicted molar refractivity (Wildman–Crippen MR) is 172 cm³/mol. The fourth-order valence-electron chi connectivity index (χ4n) is 5.69. The van der Waals surface area contributed by atoms with Crippen LogP contribution in [-0.4, -0.2) is 70.1 Å². The van der Waals surface area contributed by atoms with Crippen LogP contribution in [0.15, 0.2) is 84.9 Å². The molecule has 0 bridgehead atoms. The maximum atomic E-state index is 13.6. The van der Waals surface area contributed by atoms with Gasteiger partial charge in [-0.25, -0.2) is 0 Å². The number of rotatable bonds is 14. The first-order valence-electron chi connectivity index (χ1n) is 15.4. The molecular formula is C35H41N5O6. The highest BCUT2D eigenvalue weighted by Gasteiger charge is 2.38. The minimum absolute atomic E-state index is 0.0970. The Hall–Kier alpha value is -5.03. The lowest BCUT2D eigenvalue weighted by molar-refractivity contribution is -0.140. The third-order valence-corrected chi connectivity index (χ3v) is 8.22. The van der Waals surface area contributed by atoms with Crippen LogP contribution in [0.3, 0.4) is 0 Å². The summed E-state index contributed by atoms with van der Waals surface area (Å²) >= 11 is 0. The van der Waals surface area contributed by atoms with Gasteiger partial charge in [-0.05, 0) is 61.4 Å². The van der Waals surface area contributed by atoms with Gasteiger partial charge in [-0.15, -0.1) is 0 Å². The molecule has 4 rings (SSSR count). The summed E-state index contributed by atoms with van der Waals surface area (Å²) in [4.78, 5) is 67.5. The summed E-state index contributed by atoms with van der Waals surface area (Å²) in [5.41, 5.74) is 14.1. The molecule has 46 heavy (non-hydrogen) atoms. The summed E-state index contributed by atoms with van der Waals surface area (Å²) in [5, 5.41) is 15.0. The van der Waals surface area contributed by atoms with E-state index in [1.54, 1.807) is 36.4 Å². The second-order valence-electron chi connectivity index (χ2n) is 11.7. The van der Waals surface area contributed by atoms with Gasteiger partial charge in [0.25, 0.3) is 0 Å². The zero-order valence-electron chi connectivity index (χ0n) is 25.8. The highest BCUT2D eigenvalue weighted by Crippen LogP contribution is 2.20. The number of carbonyl (C=O) groups excluding carboxylic acids is 5. The van der Waals surface area contributed by atoms with E-state index < -0.39 is 53.6 Å². The first-order chi connectivity index (χ1) is 22.0. The van der Waals surface area contributed by atoms with Crippen LogP contribution < -0.4 is 22.1 Å². The van der Waals surface area contributed by atoms with Crippen molar-refractivity contribution in [1.82, 2.24) is 15.5 Å². The fourth-order valence-corrected chi connectivity index (χ4v) is 5.69. The Kier molecular flexibility index (Phi) is 11.6. The summed E-state index contributed by atoms with van der Waals surface area (Å²) in [6.07, 6.45) is 1.44. The van der Waals surface area contributed by atoms with Gasteiger partial charge in [-0.1, -0.05) is 72.8 Å². The molecule has 1 aliphatic heterocycles. The number of benzene rings is 3. The molecule has 1 saturated heterocycles. The van der Waals surface area contributed by atoms with Crippen LogP contribution in [0.4, 0.5) is 0 Å². The number of Topliss-reactive ketones (excluding diaryl/α,β-unsaturated/α-hetero) is 1. The van der Waals surface area contributed by atoms with Crippen molar-refractivity contribution in [2.45, 2.75) is 63.2 Å². The SMILES string of the molecule is C[C@@H](NC(=O)[C@H](Cc1ccccc1)NC(=O)[C@@H]1CCCN1C(=O)[C@@H](N)Cc1ccc(O)cc1)C(=O)[C@H](Cc1ccccc1)C(N)=O. The Balaban J connectivity index is 1.45. The van der Waals surface area contributed by atoms with Gasteiger partial charge in [-0.2, -0.15) is 0 Å². The number of hydrogen-bond acceptors (Lipinski definition) is 7. The number of ketones is 1. The highest BCUT2D eigenvalue weighted by atomic mass is 16.3. The second-order valence-corrected chi connectivity index (χ2v) is 11.7. The molecule has 1 aliphatic rings. The molecule has 3 aromatic carbocycles. The number of amides is 4. The third kappa shape index (κ3) is 9.01. The number of nitrogens with zero attached hydrogens (tertiary/aromatic N) is 1. The standard InChI is InChI=1S/C35H41N5O6/c1-22(31(42)27(32(37)43)19-23-9-4-2-5-10-23)38-33(44)29(21-24-11-6-3-7-12-24)39-34(45)30-13-8-18-40(30)35(46)28(36)20-25-14-16-26(41)17-15-25/h2-7,9-12,14-17,22,27-30,41H,8,13,18-21,36H2,1H3,(H2,37,43)(H,38,44)(H,39,45)/t22-,27+,28+,29+,30+/m1/s1. The third-order valence-electron chi connectivity index (χ3n) is 8.22. The van der Waals surface area contributed by atoms with Crippen molar-refractivity contribution in [2.75, 3.05) is 6.54 Å². The second kappa shape index (κ2) is 15.8. The smallest absolute Gasteiger partial charge is 0.243 e. The minimum Gasteiger partial charge on any atom is -0.508 e. The molecule has 3 aromatic rings.